The molecular weight excluding hydrogens is 312 g/mol. The van der Waals surface area contributed by atoms with E-state index in [-0.39, 0.29) is 12.2 Å². The predicted molar refractivity (Wildman–Crippen MR) is 94.2 cm³/mol. The number of carboxylic acid groups (broad SMARTS) is 2. The van der Waals surface area contributed by atoms with Gasteiger partial charge in [-0.05, 0) is 52.7 Å². The minimum atomic E-state index is -0.887. The van der Waals surface area contributed by atoms with Crippen molar-refractivity contribution in [3.05, 3.63) is 23.3 Å². The Hall–Kier alpha value is -1.66. The first-order chi connectivity index (χ1) is 11.2. The second kappa shape index (κ2) is 14.9. The quantitative estimate of drug-likeness (QED) is 0.587. The molecule has 0 aliphatic rings. The van der Waals surface area contributed by atoms with Crippen LogP contribution in [-0.2, 0) is 19.1 Å². The zero-order valence-electron chi connectivity index (χ0n) is 15.7. The van der Waals surface area contributed by atoms with Crippen molar-refractivity contribution in [2.24, 2.45) is 0 Å². The van der Waals surface area contributed by atoms with Gasteiger partial charge in [-0.2, -0.15) is 0 Å². The zero-order valence-corrected chi connectivity index (χ0v) is 15.7. The molecule has 0 aromatic rings. The third-order valence-electron chi connectivity index (χ3n) is 2.96. The van der Waals surface area contributed by atoms with Gasteiger partial charge in [-0.25, -0.2) is 9.59 Å². The van der Waals surface area contributed by atoms with Crippen LogP contribution in [0.5, 0.6) is 0 Å². The van der Waals surface area contributed by atoms with Crippen LogP contribution in [0.4, 0.5) is 0 Å². The first kappa shape index (κ1) is 24.6. The van der Waals surface area contributed by atoms with Crippen molar-refractivity contribution in [3.8, 4) is 0 Å². The van der Waals surface area contributed by atoms with Gasteiger partial charge in [0, 0.05) is 24.4 Å². The van der Waals surface area contributed by atoms with E-state index < -0.39 is 11.9 Å². The fourth-order valence-electron chi connectivity index (χ4n) is 1.62. The van der Waals surface area contributed by atoms with E-state index >= 15 is 0 Å². The SMILES string of the molecule is CCCOC(C)C=C(C)C(=O)O.CCOC(C=C(C)C(=O)O)CC. The summed E-state index contributed by atoms with van der Waals surface area (Å²) < 4.78 is 10.5. The Morgan fingerprint density at radius 1 is 0.958 bits per heavy atom. The lowest BCUT2D eigenvalue weighted by atomic mass is 10.2. The van der Waals surface area contributed by atoms with E-state index in [0.717, 1.165) is 12.8 Å². The molecule has 2 N–H and O–H groups in total. The van der Waals surface area contributed by atoms with Gasteiger partial charge < -0.3 is 19.7 Å². The van der Waals surface area contributed by atoms with Gasteiger partial charge in [0.05, 0.1) is 12.2 Å². The fourth-order valence-corrected chi connectivity index (χ4v) is 1.62. The summed E-state index contributed by atoms with van der Waals surface area (Å²) in [5.74, 6) is -1.77. The van der Waals surface area contributed by atoms with E-state index in [0.29, 0.717) is 24.4 Å². The van der Waals surface area contributed by atoms with Gasteiger partial charge >= 0.3 is 11.9 Å². The van der Waals surface area contributed by atoms with Crippen LogP contribution < -0.4 is 0 Å². The Labute approximate surface area is 145 Å². The standard InChI is InChI=1S/2C9H16O3/c1-4-5-12-8(3)6-7(2)9(10)11;1-4-8(12-5-2)6-7(3)9(10)11/h2*6,8H,4-5H2,1-3H3,(H,10,11). The molecule has 140 valence electrons. The maximum Gasteiger partial charge on any atom is 0.331 e. The molecule has 0 amide bonds. The lowest BCUT2D eigenvalue weighted by Gasteiger charge is -2.10. The highest BCUT2D eigenvalue weighted by molar-refractivity contribution is 5.86. The summed E-state index contributed by atoms with van der Waals surface area (Å²) >= 11 is 0. The highest BCUT2D eigenvalue weighted by atomic mass is 16.5. The molecule has 24 heavy (non-hydrogen) atoms. The lowest BCUT2D eigenvalue weighted by Crippen LogP contribution is -2.10. The Kier molecular flexibility index (Phi) is 15.3. The largest absolute Gasteiger partial charge is 0.478 e. The Morgan fingerprint density at radius 2 is 1.46 bits per heavy atom. The van der Waals surface area contributed by atoms with Crippen LogP contribution >= 0.6 is 0 Å². The molecule has 0 aliphatic heterocycles. The van der Waals surface area contributed by atoms with Crippen LogP contribution in [0.1, 0.15) is 54.4 Å². The van der Waals surface area contributed by atoms with E-state index in [1.807, 2.05) is 27.7 Å². The van der Waals surface area contributed by atoms with Crippen LogP contribution in [0.15, 0.2) is 23.3 Å². The number of carboxylic acids is 2. The van der Waals surface area contributed by atoms with Gasteiger partial charge in [0.15, 0.2) is 0 Å². The van der Waals surface area contributed by atoms with E-state index in [9.17, 15) is 9.59 Å². The van der Waals surface area contributed by atoms with Crippen LogP contribution in [0.25, 0.3) is 0 Å². The maximum absolute atomic E-state index is 10.4. The molecule has 0 saturated heterocycles. The summed E-state index contributed by atoms with van der Waals surface area (Å²) in [5, 5.41) is 17.1. The van der Waals surface area contributed by atoms with Gasteiger partial charge in [-0.15, -0.1) is 0 Å². The van der Waals surface area contributed by atoms with E-state index in [1.54, 1.807) is 26.0 Å². The molecule has 0 aliphatic carbocycles. The van der Waals surface area contributed by atoms with Crippen LogP contribution in [0, 0.1) is 0 Å². The topological polar surface area (TPSA) is 93.1 Å². The molecule has 0 bridgehead atoms. The van der Waals surface area contributed by atoms with E-state index in [2.05, 4.69) is 0 Å². The molecule has 0 rings (SSSR count). The summed E-state index contributed by atoms with van der Waals surface area (Å²) in [7, 11) is 0. The summed E-state index contributed by atoms with van der Waals surface area (Å²) in [4.78, 5) is 20.8. The molecule has 6 nitrogen and oxygen atoms in total. The molecule has 2 atom stereocenters. The Balaban J connectivity index is 0. The highest BCUT2D eigenvalue weighted by Crippen LogP contribution is 2.04. The number of carbonyl (C=O) groups is 2. The molecule has 0 spiro atoms. The lowest BCUT2D eigenvalue weighted by molar-refractivity contribution is -0.133. The third-order valence-corrected chi connectivity index (χ3v) is 2.96. The molecule has 0 fully saturated rings. The summed E-state index contributed by atoms with van der Waals surface area (Å²) in [5.41, 5.74) is 0.675. The molecule has 2 unspecified atom stereocenters. The Morgan fingerprint density at radius 3 is 1.83 bits per heavy atom. The maximum atomic E-state index is 10.4. The fraction of sp³-hybridized carbons (Fsp3) is 0.667. The van der Waals surface area contributed by atoms with Crippen LogP contribution in [0.2, 0.25) is 0 Å². The smallest absolute Gasteiger partial charge is 0.331 e. The molecule has 0 heterocycles. The highest BCUT2D eigenvalue weighted by Gasteiger charge is 2.06. The van der Waals surface area contributed by atoms with Gasteiger partial charge in [-0.1, -0.05) is 13.8 Å². The molecular formula is C18H32O6. The van der Waals surface area contributed by atoms with Gasteiger partial charge in [0.1, 0.15) is 0 Å². The first-order valence-corrected chi connectivity index (χ1v) is 8.26. The van der Waals surface area contributed by atoms with Crippen molar-refractivity contribution in [1.82, 2.24) is 0 Å². The Bertz CT molecular complexity index is 425. The van der Waals surface area contributed by atoms with Crippen LogP contribution in [0.3, 0.4) is 0 Å². The number of hydrogen-bond acceptors (Lipinski definition) is 4. The number of rotatable bonds is 10. The molecule has 0 aromatic heterocycles. The summed E-state index contributed by atoms with van der Waals surface area (Å²) in [6.45, 7) is 12.1. The average molecular weight is 344 g/mol. The van der Waals surface area contributed by atoms with Crippen molar-refractivity contribution in [1.29, 1.82) is 0 Å². The monoisotopic (exact) mass is 344 g/mol. The number of hydrogen-bond donors (Lipinski definition) is 2. The minimum absolute atomic E-state index is 0.0638. The van der Waals surface area contributed by atoms with Crippen molar-refractivity contribution in [3.63, 3.8) is 0 Å². The molecule has 0 radical (unpaired) electrons. The predicted octanol–water partition coefficient (Wildman–Crippen LogP) is 3.66. The number of ether oxygens (including phenoxy) is 2. The van der Waals surface area contributed by atoms with Gasteiger partial charge in [-0.3, -0.25) is 0 Å². The zero-order chi connectivity index (χ0) is 19.1. The molecule has 0 saturated carbocycles. The average Bonchev–Trinajstić information content (AvgIpc) is 2.52. The normalized spacial score (nSPS) is 14.4. The summed E-state index contributed by atoms with van der Waals surface area (Å²) in [6.07, 6.45) is 4.83. The van der Waals surface area contributed by atoms with E-state index in [4.69, 9.17) is 19.7 Å². The second-order valence-corrected chi connectivity index (χ2v) is 5.29. The molecule has 0 aromatic carbocycles. The number of aliphatic carboxylic acids is 2. The van der Waals surface area contributed by atoms with Crippen molar-refractivity contribution < 1.29 is 29.3 Å². The van der Waals surface area contributed by atoms with Crippen LogP contribution in [-0.4, -0.2) is 47.6 Å². The van der Waals surface area contributed by atoms with Gasteiger partial charge in [0.2, 0.25) is 0 Å². The summed E-state index contributed by atoms with van der Waals surface area (Å²) in [6, 6.07) is 0. The minimum Gasteiger partial charge on any atom is -0.478 e. The van der Waals surface area contributed by atoms with Gasteiger partial charge in [0.25, 0.3) is 0 Å². The van der Waals surface area contributed by atoms with E-state index in [1.165, 1.54) is 0 Å². The van der Waals surface area contributed by atoms with Crippen molar-refractivity contribution in [2.75, 3.05) is 13.2 Å². The van der Waals surface area contributed by atoms with Crippen molar-refractivity contribution >= 4 is 11.9 Å². The van der Waals surface area contributed by atoms with Crippen molar-refractivity contribution in [2.45, 2.75) is 66.6 Å². The first-order valence-electron chi connectivity index (χ1n) is 8.26. The molecule has 6 heteroatoms. The second-order valence-electron chi connectivity index (χ2n) is 5.29. The third kappa shape index (κ3) is 14.0.